The van der Waals surface area contributed by atoms with Crippen molar-refractivity contribution >= 4 is 26.7 Å². The van der Waals surface area contributed by atoms with Gasteiger partial charge >= 0.3 is 0 Å². The van der Waals surface area contributed by atoms with Crippen LogP contribution in [0.2, 0.25) is 0 Å². The highest BCUT2D eigenvalue weighted by Crippen LogP contribution is 2.34. The zero-order valence-electron chi connectivity index (χ0n) is 16.4. The molecule has 0 aliphatic rings. The number of fused-ring (bicyclic) bond motifs is 1. The fourth-order valence-corrected chi connectivity index (χ4v) is 3.50. The van der Waals surface area contributed by atoms with E-state index < -0.39 is 0 Å². The third kappa shape index (κ3) is 6.83. The Morgan fingerprint density at radius 1 is 0.731 bits per heavy atom. The molecule has 0 saturated carbocycles. The molecule has 144 valence electrons. The van der Waals surface area contributed by atoms with Gasteiger partial charge in [-0.05, 0) is 50.8 Å². The number of benzene rings is 2. The van der Waals surface area contributed by atoms with Crippen LogP contribution in [0.5, 0.6) is 11.5 Å². The van der Waals surface area contributed by atoms with Crippen molar-refractivity contribution in [2.45, 2.75) is 65.2 Å². The molecule has 2 nitrogen and oxygen atoms in total. The molecule has 0 N–H and O–H groups in total. The molecule has 0 bridgehead atoms. The number of aryl methyl sites for hydroxylation is 1. The fourth-order valence-electron chi connectivity index (χ4n) is 3.10. The van der Waals surface area contributed by atoms with Crippen LogP contribution in [-0.4, -0.2) is 18.5 Å². The highest BCUT2D eigenvalue weighted by atomic mass is 79.9. The summed E-state index contributed by atoms with van der Waals surface area (Å²) in [6.45, 7) is 5.93. The van der Waals surface area contributed by atoms with E-state index in [-0.39, 0.29) is 0 Å². The summed E-state index contributed by atoms with van der Waals surface area (Å²) in [5.41, 5.74) is 1.25. The van der Waals surface area contributed by atoms with E-state index in [1.54, 1.807) is 0 Å². The summed E-state index contributed by atoms with van der Waals surface area (Å²) in [4.78, 5) is 0. The second kappa shape index (κ2) is 12.2. The number of ether oxygens (including phenoxy) is 2. The molecule has 0 fully saturated rings. The first-order valence-corrected chi connectivity index (χ1v) is 11.2. The second-order valence-electron chi connectivity index (χ2n) is 6.97. The molecule has 2 aromatic carbocycles. The van der Waals surface area contributed by atoms with Crippen LogP contribution in [0.15, 0.2) is 30.3 Å². The minimum Gasteiger partial charge on any atom is -0.493 e. The topological polar surface area (TPSA) is 18.5 Å². The number of hydrogen-bond donors (Lipinski definition) is 0. The Morgan fingerprint density at radius 2 is 1.35 bits per heavy atom. The smallest absolute Gasteiger partial charge is 0.127 e. The Hall–Kier alpha value is -1.22. The highest BCUT2D eigenvalue weighted by Gasteiger charge is 2.09. The van der Waals surface area contributed by atoms with E-state index in [2.05, 4.69) is 60.1 Å². The lowest BCUT2D eigenvalue weighted by Crippen LogP contribution is -2.01. The van der Waals surface area contributed by atoms with Gasteiger partial charge in [0.15, 0.2) is 0 Å². The molecule has 0 amide bonds. The van der Waals surface area contributed by atoms with Gasteiger partial charge in [-0.15, -0.1) is 0 Å². The van der Waals surface area contributed by atoms with E-state index >= 15 is 0 Å². The van der Waals surface area contributed by atoms with E-state index in [1.807, 2.05) is 0 Å². The van der Waals surface area contributed by atoms with Gasteiger partial charge in [0.05, 0.1) is 13.2 Å². The molecule has 0 heterocycles. The summed E-state index contributed by atoms with van der Waals surface area (Å²) in [5.74, 6) is 1.94. The van der Waals surface area contributed by atoms with E-state index in [0.717, 1.165) is 53.7 Å². The molecule has 0 unspecified atom stereocenters. The molecule has 3 heteroatoms. The van der Waals surface area contributed by atoms with Gasteiger partial charge in [-0.2, -0.15) is 0 Å². The maximum absolute atomic E-state index is 6.09. The Bertz CT molecular complexity index is 654. The van der Waals surface area contributed by atoms with E-state index in [9.17, 15) is 0 Å². The maximum atomic E-state index is 6.09. The molecule has 0 radical (unpaired) electrons. The van der Waals surface area contributed by atoms with Crippen molar-refractivity contribution in [2.75, 3.05) is 18.5 Å². The maximum Gasteiger partial charge on any atom is 0.127 e. The lowest BCUT2D eigenvalue weighted by Gasteiger charge is -2.14. The summed E-state index contributed by atoms with van der Waals surface area (Å²) in [7, 11) is 0. The van der Waals surface area contributed by atoms with Crippen LogP contribution in [0.25, 0.3) is 10.8 Å². The summed E-state index contributed by atoms with van der Waals surface area (Å²) in [6, 6.07) is 10.7. The first-order chi connectivity index (χ1) is 12.8. The van der Waals surface area contributed by atoms with Gasteiger partial charge in [-0.1, -0.05) is 66.2 Å². The quantitative estimate of drug-likeness (QED) is 0.247. The molecule has 0 aliphatic carbocycles. The third-order valence-electron chi connectivity index (χ3n) is 4.63. The molecule has 2 rings (SSSR count). The lowest BCUT2D eigenvalue weighted by atomic mass is 10.1. The van der Waals surface area contributed by atoms with Gasteiger partial charge in [0.25, 0.3) is 0 Å². The predicted molar refractivity (Wildman–Crippen MR) is 116 cm³/mol. The van der Waals surface area contributed by atoms with Gasteiger partial charge in [-0.25, -0.2) is 0 Å². The van der Waals surface area contributed by atoms with Crippen molar-refractivity contribution in [3.8, 4) is 11.5 Å². The van der Waals surface area contributed by atoms with Gasteiger partial charge in [0.2, 0.25) is 0 Å². The molecule has 0 atom stereocenters. The number of halogens is 1. The minimum atomic E-state index is 0.772. The lowest BCUT2D eigenvalue weighted by molar-refractivity contribution is 0.302. The molecular formula is C23H33BrO2. The number of rotatable bonds is 13. The minimum absolute atomic E-state index is 0.772. The average Bonchev–Trinajstić information content (AvgIpc) is 2.65. The van der Waals surface area contributed by atoms with Crippen molar-refractivity contribution in [1.29, 1.82) is 0 Å². The first-order valence-electron chi connectivity index (χ1n) is 10.1. The largest absolute Gasteiger partial charge is 0.493 e. The fraction of sp³-hybridized carbons (Fsp3) is 0.565. The van der Waals surface area contributed by atoms with Crippen LogP contribution >= 0.6 is 15.9 Å². The predicted octanol–water partition coefficient (Wildman–Crippen LogP) is 7.44. The van der Waals surface area contributed by atoms with E-state index in [0.29, 0.717) is 0 Å². The molecule has 26 heavy (non-hydrogen) atoms. The van der Waals surface area contributed by atoms with Gasteiger partial charge < -0.3 is 9.47 Å². The standard InChI is InChI=1S/C23H33BrO2/c1-3-4-5-6-9-16-25-22-13-14-23(26-17-10-7-8-15-24)21-18-19(2)11-12-20(21)22/h11-14,18H,3-10,15-17H2,1-2H3. The third-order valence-corrected chi connectivity index (χ3v) is 5.19. The first kappa shape index (κ1) is 21.1. The Labute approximate surface area is 167 Å². The van der Waals surface area contributed by atoms with Crippen molar-refractivity contribution < 1.29 is 9.47 Å². The monoisotopic (exact) mass is 420 g/mol. The average molecular weight is 421 g/mol. The summed E-state index contributed by atoms with van der Waals surface area (Å²) < 4.78 is 12.2. The number of alkyl halides is 1. The number of hydrogen-bond acceptors (Lipinski definition) is 2. The molecule has 0 aliphatic heterocycles. The van der Waals surface area contributed by atoms with Crippen LogP contribution < -0.4 is 9.47 Å². The SMILES string of the molecule is CCCCCCCOc1ccc(OCCCCCBr)c2cc(C)ccc12. The normalized spacial score (nSPS) is 11.0. The van der Waals surface area contributed by atoms with E-state index in [1.165, 1.54) is 44.1 Å². The van der Waals surface area contributed by atoms with Gasteiger partial charge in [-0.3, -0.25) is 0 Å². The summed E-state index contributed by atoms with van der Waals surface area (Å²) in [5, 5.41) is 3.38. The van der Waals surface area contributed by atoms with Crippen LogP contribution in [0.4, 0.5) is 0 Å². The van der Waals surface area contributed by atoms with Gasteiger partial charge in [0, 0.05) is 16.1 Å². The Balaban J connectivity index is 1.99. The molecule has 0 spiro atoms. The molecule has 2 aromatic rings. The van der Waals surface area contributed by atoms with Crippen LogP contribution in [0.1, 0.15) is 63.9 Å². The Morgan fingerprint density at radius 3 is 2.00 bits per heavy atom. The van der Waals surface area contributed by atoms with Crippen molar-refractivity contribution in [2.24, 2.45) is 0 Å². The van der Waals surface area contributed by atoms with E-state index in [4.69, 9.17) is 9.47 Å². The van der Waals surface area contributed by atoms with Crippen molar-refractivity contribution in [3.05, 3.63) is 35.9 Å². The second-order valence-corrected chi connectivity index (χ2v) is 7.76. The summed E-state index contributed by atoms with van der Waals surface area (Å²) >= 11 is 3.48. The van der Waals surface area contributed by atoms with Crippen LogP contribution in [-0.2, 0) is 0 Å². The Kier molecular flexibility index (Phi) is 9.91. The zero-order valence-corrected chi connectivity index (χ0v) is 17.9. The molecule has 0 aromatic heterocycles. The molecular weight excluding hydrogens is 388 g/mol. The summed E-state index contributed by atoms with van der Waals surface area (Å²) in [6.07, 6.45) is 9.78. The molecule has 0 saturated heterocycles. The van der Waals surface area contributed by atoms with Gasteiger partial charge in [0.1, 0.15) is 11.5 Å². The van der Waals surface area contributed by atoms with Crippen LogP contribution in [0.3, 0.4) is 0 Å². The number of unbranched alkanes of at least 4 members (excludes halogenated alkanes) is 6. The van der Waals surface area contributed by atoms with Crippen molar-refractivity contribution in [3.63, 3.8) is 0 Å². The van der Waals surface area contributed by atoms with Crippen molar-refractivity contribution in [1.82, 2.24) is 0 Å². The highest BCUT2D eigenvalue weighted by molar-refractivity contribution is 9.09. The van der Waals surface area contributed by atoms with Crippen LogP contribution in [0, 0.1) is 6.92 Å². The zero-order chi connectivity index (χ0) is 18.6.